The molecule has 0 saturated heterocycles. The molecule has 0 spiro atoms. The summed E-state index contributed by atoms with van der Waals surface area (Å²) in [5.41, 5.74) is 6.41. The molecule has 18 heavy (non-hydrogen) atoms. The molecule has 0 aliphatic carbocycles. The van der Waals surface area contributed by atoms with E-state index in [-0.39, 0.29) is 16.6 Å². The number of thiocarbonyl (C=S) groups is 1. The van der Waals surface area contributed by atoms with Gasteiger partial charge < -0.3 is 11.1 Å². The van der Waals surface area contributed by atoms with Crippen LogP contribution < -0.4 is 11.1 Å². The van der Waals surface area contributed by atoms with E-state index >= 15 is 0 Å². The Bertz CT molecular complexity index is 608. The largest absolute Gasteiger partial charge is 0.389 e. The Hall–Kier alpha value is -2.35. The molecular formula is C10H10N6OS. The van der Waals surface area contributed by atoms with Crippen molar-refractivity contribution in [3.63, 3.8) is 0 Å². The monoisotopic (exact) mass is 262 g/mol. The zero-order valence-electron chi connectivity index (χ0n) is 9.49. The van der Waals surface area contributed by atoms with E-state index < -0.39 is 0 Å². The molecule has 0 saturated carbocycles. The van der Waals surface area contributed by atoms with Crippen LogP contribution in [-0.4, -0.2) is 37.9 Å². The number of rotatable bonds is 3. The maximum atomic E-state index is 11.4. The quantitative estimate of drug-likeness (QED) is 0.734. The first-order chi connectivity index (χ1) is 8.63. The minimum absolute atomic E-state index is 0.192. The van der Waals surface area contributed by atoms with E-state index in [9.17, 15) is 4.79 Å². The second kappa shape index (κ2) is 4.88. The van der Waals surface area contributed by atoms with Crippen molar-refractivity contribution in [1.29, 1.82) is 0 Å². The zero-order valence-corrected chi connectivity index (χ0v) is 10.3. The summed E-state index contributed by atoms with van der Waals surface area (Å²) in [5, 5.41) is 14.2. The molecule has 0 aromatic carbocycles. The van der Waals surface area contributed by atoms with Crippen molar-refractivity contribution >= 4 is 23.1 Å². The van der Waals surface area contributed by atoms with Crippen molar-refractivity contribution in [1.82, 2.24) is 25.3 Å². The van der Waals surface area contributed by atoms with Gasteiger partial charge in [0.15, 0.2) is 11.5 Å². The Morgan fingerprint density at radius 1 is 1.50 bits per heavy atom. The van der Waals surface area contributed by atoms with Crippen LogP contribution >= 0.6 is 12.2 Å². The molecule has 0 aliphatic rings. The highest BCUT2D eigenvalue weighted by Crippen LogP contribution is 2.10. The van der Waals surface area contributed by atoms with Gasteiger partial charge in [0, 0.05) is 13.2 Å². The van der Waals surface area contributed by atoms with Crippen LogP contribution in [0.25, 0.3) is 5.82 Å². The highest BCUT2D eigenvalue weighted by Gasteiger charge is 2.13. The molecule has 1 amide bonds. The summed E-state index contributed by atoms with van der Waals surface area (Å²) in [5.74, 6) is 0.106. The van der Waals surface area contributed by atoms with Gasteiger partial charge in [0.1, 0.15) is 4.99 Å². The van der Waals surface area contributed by atoms with E-state index in [4.69, 9.17) is 18.0 Å². The van der Waals surface area contributed by atoms with Gasteiger partial charge in [-0.1, -0.05) is 12.2 Å². The van der Waals surface area contributed by atoms with E-state index in [1.807, 2.05) is 0 Å². The molecular weight excluding hydrogens is 252 g/mol. The summed E-state index contributed by atoms with van der Waals surface area (Å²) in [6.45, 7) is 0. The van der Waals surface area contributed by atoms with Gasteiger partial charge in [0.2, 0.25) is 0 Å². The van der Waals surface area contributed by atoms with Gasteiger partial charge in [-0.15, -0.1) is 5.10 Å². The molecule has 2 aromatic rings. The normalized spacial score (nSPS) is 10.1. The minimum atomic E-state index is -0.283. The Morgan fingerprint density at radius 3 is 2.94 bits per heavy atom. The van der Waals surface area contributed by atoms with Crippen molar-refractivity contribution in [2.75, 3.05) is 7.05 Å². The average molecular weight is 262 g/mol. The van der Waals surface area contributed by atoms with E-state index in [1.165, 1.54) is 17.9 Å². The van der Waals surface area contributed by atoms with Crippen LogP contribution in [0, 0.1) is 0 Å². The first-order valence-electron chi connectivity index (χ1n) is 5.03. The van der Waals surface area contributed by atoms with Crippen LogP contribution in [-0.2, 0) is 0 Å². The second-order valence-corrected chi connectivity index (χ2v) is 3.80. The van der Waals surface area contributed by atoms with Crippen LogP contribution in [0.4, 0.5) is 0 Å². The predicted molar refractivity (Wildman–Crippen MR) is 68.4 cm³/mol. The fourth-order valence-electron chi connectivity index (χ4n) is 1.38. The van der Waals surface area contributed by atoms with Crippen molar-refractivity contribution in [3.8, 4) is 5.82 Å². The Labute approximate surface area is 108 Å². The molecule has 92 valence electrons. The number of nitrogens with zero attached hydrogens (tertiary/aromatic N) is 4. The SMILES string of the molecule is CNC(=O)c1ccn(-c2nnccc2C(N)=S)n1. The summed E-state index contributed by atoms with van der Waals surface area (Å²) < 4.78 is 1.41. The average Bonchev–Trinajstić information content (AvgIpc) is 2.87. The predicted octanol–water partition coefficient (Wildman–Crippen LogP) is -0.344. The van der Waals surface area contributed by atoms with E-state index in [0.717, 1.165) is 0 Å². The lowest BCUT2D eigenvalue weighted by Crippen LogP contribution is -2.19. The van der Waals surface area contributed by atoms with Gasteiger partial charge in [0.05, 0.1) is 11.8 Å². The summed E-state index contributed by atoms with van der Waals surface area (Å²) in [6.07, 6.45) is 3.08. The summed E-state index contributed by atoms with van der Waals surface area (Å²) >= 11 is 4.92. The lowest BCUT2D eigenvalue weighted by atomic mass is 10.3. The second-order valence-electron chi connectivity index (χ2n) is 3.36. The van der Waals surface area contributed by atoms with Gasteiger partial charge >= 0.3 is 0 Å². The van der Waals surface area contributed by atoms with Crippen LogP contribution in [0.15, 0.2) is 24.5 Å². The van der Waals surface area contributed by atoms with Gasteiger partial charge in [-0.3, -0.25) is 4.79 Å². The zero-order chi connectivity index (χ0) is 13.1. The third-order valence-corrected chi connectivity index (χ3v) is 2.45. The number of amides is 1. The summed E-state index contributed by atoms with van der Waals surface area (Å²) in [4.78, 5) is 11.6. The standard InChI is InChI=1S/C10H10N6OS/c1-12-10(17)7-3-5-16(15-7)9-6(8(11)18)2-4-13-14-9/h2-5H,1H3,(H2,11,18)(H,12,17). The van der Waals surface area contributed by atoms with Gasteiger partial charge in [-0.05, 0) is 12.1 Å². The number of carbonyl (C=O) groups excluding carboxylic acids is 1. The topological polar surface area (TPSA) is 98.7 Å². The molecule has 0 fully saturated rings. The van der Waals surface area contributed by atoms with Gasteiger partial charge in [0.25, 0.3) is 5.91 Å². The smallest absolute Gasteiger partial charge is 0.271 e. The number of hydrogen-bond donors (Lipinski definition) is 2. The number of nitrogens with one attached hydrogen (secondary N) is 1. The highest BCUT2D eigenvalue weighted by molar-refractivity contribution is 7.80. The Balaban J connectivity index is 2.46. The molecule has 0 bridgehead atoms. The number of hydrogen-bond acceptors (Lipinski definition) is 5. The van der Waals surface area contributed by atoms with Gasteiger partial charge in [-0.2, -0.15) is 10.2 Å². The van der Waals surface area contributed by atoms with Crippen LogP contribution in [0.1, 0.15) is 16.1 Å². The summed E-state index contributed by atoms with van der Waals surface area (Å²) in [6, 6.07) is 3.21. The van der Waals surface area contributed by atoms with E-state index in [2.05, 4.69) is 20.6 Å². The fraction of sp³-hybridized carbons (Fsp3) is 0.100. The Kier molecular flexibility index (Phi) is 3.28. The number of carbonyl (C=O) groups is 1. The van der Waals surface area contributed by atoms with Crippen molar-refractivity contribution in [2.24, 2.45) is 5.73 Å². The molecule has 0 aliphatic heterocycles. The lowest BCUT2D eigenvalue weighted by molar-refractivity contribution is 0.0957. The molecule has 7 nitrogen and oxygen atoms in total. The highest BCUT2D eigenvalue weighted by atomic mass is 32.1. The third-order valence-electron chi connectivity index (χ3n) is 2.23. The van der Waals surface area contributed by atoms with Crippen LogP contribution in [0.2, 0.25) is 0 Å². The fourth-order valence-corrected chi connectivity index (χ4v) is 1.54. The molecule has 2 aromatic heterocycles. The first kappa shape index (κ1) is 12.1. The van der Waals surface area contributed by atoms with E-state index in [1.54, 1.807) is 18.3 Å². The third kappa shape index (κ3) is 2.18. The van der Waals surface area contributed by atoms with Gasteiger partial charge in [-0.25, -0.2) is 4.68 Å². The van der Waals surface area contributed by atoms with Crippen LogP contribution in [0.3, 0.4) is 0 Å². The van der Waals surface area contributed by atoms with Crippen molar-refractivity contribution in [2.45, 2.75) is 0 Å². The molecule has 0 atom stereocenters. The maximum Gasteiger partial charge on any atom is 0.271 e. The molecule has 0 unspecified atom stereocenters. The van der Waals surface area contributed by atoms with Crippen LogP contribution in [0.5, 0.6) is 0 Å². The molecule has 2 heterocycles. The number of nitrogens with two attached hydrogens (primary N) is 1. The van der Waals surface area contributed by atoms with Crippen molar-refractivity contribution in [3.05, 3.63) is 35.8 Å². The molecule has 8 heteroatoms. The lowest BCUT2D eigenvalue weighted by Gasteiger charge is -2.04. The minimum Gasteiger partial charge on any atom is -0.389 e. The van der Waals surface area contributed by atoms with Crippen molar-refractivity contribution < 1.29 is 4.79 Å². The molecule has 3 N–H and O–H groups in total. The molecule has 2 rings (SSSR count). The first-order valence-corrected chi connectivity index (χ1v) is 5.44. The number of aromatic nitrogens is 4. The Morgan fingerprint density at radius 2 is 2.28 bits per heavy atom. The summed E-state index contributed by atoms with van der Waals surface area (Å²) in [7, 11) is 1.53. The maximum absolute atomic E-state index is 11.4. The molecule has 0 radical (unpaired) electrons. The van der Waals surface area contributed by atoms with E-state index in [0.29, 0.717) is 11.4 Å².